The Morgan fingerprint density at radius 2 is 2.05 bits per heavy atom. The van der Waals surface area contributed by atoms with Gasteiger partial charge in [0.05, 0.1) is 5.97 Å². The van der Waals surface area contributed by atoms with Crippen molar-refractivity contribution in [1.82, 2.24) is 9.55 Å². The van der Waals surface area contributed by atoms with Crippen LogP contribution in [0.15, 0.2) is 41.8 Å². The second kappa shape index (κ2) is 5.93. The number of aliphatic carboxylic acids is 1. The maximum Gasteiger partial charge on any atom is 0.172 e. The summed E-state index contributed by atoms with van der Waals surface area (Å²) in [6.45, 7) is 4.29. The fourth-order valence-electron chi connectivity index (χ4n) is 1.74. The molecule has 0 saturated carbocycles. The van der Waals surface area contributed by atoms with E-state index in [1.807, 2.05) is 22.9 Å². The fraction of sp³-hybridized carbons (Fsp3) is 0.286. The van der Waals surface area contributed by atoms with Crippen LogP contribution in [0.2, 0.25) is 0 Å². The molecular formula is C14H15N2O2S-. The van der Waals surface area contributed by atoms with E-state index in [0.29, 0.717) is 11.1 Å². The highest BCUT2D eigenvalue weighted by atomic mass is 32.2. The Bertz CT molecular complexity index is 561. The summed E-state index contributed by atoms with van der Waals surface area (Å²) in [6.07, 6.45) is 3.48. The lowest BCUT2D eigenvalue weighted by Crippen LogP contribution is -2.24. The van der Waals surface area contributed by atoms with Crippen LogP contribution in [0.25, 0.3) is 5.69 Å². The molecule has 0 spiro atoms. The summed E-state index contributed by atoms with van der Waals surface area (Å²) in [5.41, 5.74) is 2.25. The van der Waals surface area contributed by atoms with Gasteiger partial charge in [0.2, 0.25) is 0 Å². The monoisotopic (exact) mass is 275 g/mol. The van der Waals surface area contributed by atoms with Crippen LogP contribution in [0.5, 0.6) is 0 Å². The summed E-state index contributed by atoms with van der Waals surface area (Å²) in [4.78, 5) is 14.6. The van der Waals surface area contributed by atoms with Crippen LogP contribution in [0.4, 0.5) is 0 Å². The molecule has 0 aliphatic heterocycles. The van der Waals surface area contributed by atoms with Crippen LogP contribution >= 0.6 is 11.8 Å². The lowest BCUT2D eigenvalue weighted by Gasteiger charge is -2.10. The predicted octanol–water partition coefficient (Wildman–Crippen LogP) is 1.84. The van der Waals surface area contributed by atoms with Crippen LogP contribution in [0.1, 0.15) is 25.3 Å². The van der Waals surface area contributed by atoms with Gasteiger partial charge in [-0.25, -0.2) is 4.98 Å². The average Bonchev–Trinajstić information content (AvgIpc) is 2.84. The van der Waals surface area contributed by atoms with Crippen molar-refractivity contribution >= 4 is 17.7 Å². The zero-order valence-electron chi connectivity index (χ0n) is 10.9. The zero-order valence-corrected chi connectivity index (χ0v) is 11.7. The minimum absolute atomic E-state index is 0.0961. The highest BCUT2D eigenvalue weighted by Crippen LogP contribution is 2.22. The number of benzene rings is 1. The summed E-state index contributed by atoms with van der Waals surface area (Å²) in [6, 6.07) is 8.18. The van der Waals surface area contributed by atoms with E-state index in [9.17, 15) is 9.90 Å². The maximum absolute atomic E-state index is 10.5. The van der Waals surface area contributed by atoms with Gasteiger partial charge in [-0.15, -0.1) is 0 Å². The van der Waals surface area contributed by atoms with E-state index in [-0.39, 0.29) is 5.75 Å². The van der Waals surface area contributed by atoms with Crippen molar-refractivity contribution in [2.75, 3.05) is 5.75 Å². The molecule has 5 heteroatoms. The van der Waals surface area contributed by atoms with Gasteiger partial charge in [-0.2, -0.15) is 0 Å². The highest BCUT2D eigenvalue weighted by Gasteiger charge is 2.06. The van der Waals surface area contributed by atoms with E-state index in [2.05, 4.69) is 31.0 Å². The molecule has 0 radical (unpaired) electrons. The summed E-state index contributed by atoms with van der Waals surface area (Å²) in [5.74, 6) is -0.695. The molecule has 0 N–H and O–H groups in total. The van der Waals surface area contributed by atoms with Crippen LogP contribution in [-0.4, -0.2) is 21.3 Å². The number of hydrogen-bond donors (Lipinski definition) is 0. The Morgan fingerprint density at radius 1 is 1.37 bits per heavy atom. The summed E-state index contributed by atoms with van der Waals surface area (Å²) >= 11 is 1.16. The summed E-state index contributed by atoms with van der Waals surface area (Å²) in [5, 5.41) is 11.1. The van der Waals surface area contributed by atoms with Gasteiger partial charge >= 0.3 is 0 Å². The molecule has 0 aliphatic carbocycles. The van der Waals surface area contributed by atoms with Gasteiger partial charge < -0.3 is 9.90 Å². The number of imidazole rings is 1. The van der Waals surface area contributed by atoms with Crippen molar-refractivity contribution in [3.05, 3.63) is 42.2 Å². The Labute approximate surface area is 116 Å². The van der Waals surface area contributed by atoms with Gasteiger partial charge in [-0.3, -0.25) is 4.57 Å². The van der Waals surface area contributed by atoms with E-state index < -0.39 is 5.97 Å². The van der Waals surface area contributed by atoms with Gasteiger partial charge in [0, 0.05) is 23.8 Å². The van der Waals surface area contributed by atoms with Crippen LogP contribution in [0.3, 0.4) is 0 Å². The number of carboxylic acid groups (broad SMARTS) is 1. The molecule has 19 heavy (non-hydrogen) atoms. The second-order valence-electron chi connectivity index (χ2n) is 4.49. The molecule has 0 unspecified atom stereocenters. The molecule has 0 fully saturated rings. The largest absolute Gasteiger partial charge is 0.549 e. The molecule has 4 nitrogen and oxygen atoms in total. The van der Waals surface area contributed by atoms with E-state index in [1.54, 1.807) is 6.20 Å². The van der Waals surface area contributed by atoms with E-state index in [4.69, 9.17) is 0 Å². The number of carbonyl (C=O) groups excluding carboxylic acids is 1. The van der Waals surface area contributed by atoms with Crippen molar-refractivity contribution in [2.24, 2.45) is 0 Å². The molecule has 0 atom stereocenters. The van der Waals surface area contributed by atoms with Crippen LogP contribution in [0, 0.1) is 0 Å². The van der Waals surface area contributed by atoms with Gasteiger partial charge in [0.25, 0.3) is 0 Å². The molecular weight excluding hydrogens is 260 g/mol. The molecule has 0 saturated heterocycles. The fourth-order valence-corrected chi connectivity index (χ4v) is 2.42. The van der Waals surface area contributed by atoms with E-state index in [1.165, 1.54) is 5.56 Å². The number of carbonyl (C=O) groups is 1. The van der Waals surface area contributed by atoms with E-state index in [0.717, 1.165) is 17.4 Å². The third-order valence-corrected chi connectivity index (χ3v) is 3.70. The van der Waals surface area contributed by atoms with Crippen molar-refractivity contribution in [3.63, 3.8) is 0 Å². The van der Waals surface area contributed by atoms with E-state index >= 15 is 0 Å². The van der Waals surface area contributed by atoms with Crippen LogP contribution < -0.4 is 5.11 Å². The van der Waals surface area contributed by atoms with Crippen molar-refractivity contribution < 1.29 is 9.90 Å². The topological polar surface area (TPSA) is 58.0 Å². The second-order valence-corrected chi connectivity index (χ2v) is 5.43. The molecule has 1 aromatic heterocycles. The molecule has 0 aliphatic rings. The number of carboxylic acids is 1. The minimum atomic E-state index is -1.09. The summed E-state index contributed by atoms with van der Waals surface area (Å²) in [7, 11) is 0. The van der Waals surface area contributed by atoms with Gasteiger partial charge in [0.15, 0.2) is 5.16 Å². The molecule has 0 amide bonds. The normalized spacial score (nSPS) is 10.9. The molecule has 2 rings (SSSR count). The van der Waals surface area contributed by atoms with Gasteiger partial charge in [-0.05, 0) is 23.6 Å². The number of aromatic nitrogens is 2. The zero-order chi connectivity index (χ0) is 13.8. The quantitative estimate of drug-likeness (QED) is 0.781. The standard InChI is InChI=1S/C14H16N2O2S/c1-10(2)11-3-5-12(6-4-11)16-8-7-15-14(16)19-9-13(17)18/h3-8,10H,9H2,1-2H3,(H,17,18)/p-1. The Hall–Kier alpha value is -1.75. The van der Waals surface area contributed by atoms with Crippen LogP contribution in [-0.2, 0) is 4.79 Å². The average molecular weight is 275 g/mol. The Balaban J connectivity index is 2.22. The number of hydrogen-bond acceptors (Lipinski definition) is 4. The van der Waals surface area contributed by atoms with Gasteiger partial charge in [0.1, 0.15) is 0 Å². The number of nitrogens with zero attached hydrogens (tertiary/aromatic N) is 2. The lowest BCUT2D eigenvalue weighted by atomic mass is 10.0. The molecule has 0 bridgehead atoms. The van der Waals surface area contributed by atoms with Gasteiger partial charge in [-0.1, -0.05) is 37.7 Å². The Morgan fingerprint density at radius 3 is 2.63 bits per heavy atom. The third-order valence-electron chi connectivity index (χ3n) is 2.76. The molecule has 2 aromatic rings. The first kappa shape index (κ1) is 13.7. The predicted molar refractivity (Wildman–Crippen MR) is 73.4 cm³/mol. The molecule has 1 heterocycles. The van der Waals surface area contributed by atoms with Crippen molar-refractivity contribution in [2.45, 2.75) is 24.9 Å². The SMILES string of the molecule is CC(C)c1ccc(-n2ccnc2SCC(=O)[O-])cc1. The molecule has 100 valence electrons. The summed E-state index contributed by atoms with van der Waals surface area (Å²) < 4.78 is 1.87. The maximum atomic E-state index is 10.5. The van der Waals surface area contributed by atoms with Crippen molar-refractivity contribution in [1.29, 1.82) is 0 Å². The number of rotatable bonds is 5. The smallest absolute Gasteiger partial charge is 0.172 e. The number of thioether (sulfide) groups is 1. The van der Waals surface area contributed by atoms with Crippen molar-refractivity contribution in [3.8, 4) is 5.69 Å². The third kappa shape index (κ3) is 3.38. The minimum Gasteiger partial charge on any atom is -0.549 e. The Kier molecular flexibility index (Phi) is 4.27. The first-order valence-electron chi connectivity index (χ1n) is 6.04. The molecule has 1 aromatic carbocycles. The lowest BCUT2D eigenvalue weighted by molar-refractivity contribution is -0.301. The highest BCUT2D eigenvalue weighted by molar-refractivity contribution is 7.99. The first-order chi connectivity index (χ1) is 9.08. The first-order valence-corrected chi connectivity index (χ1v) is 7.03.